The summed E-state index contributed by atoms with van der Waals surface area (Å²) >= 11 is 6.13. The Labute approximate surface area is 165 Å². The summed E-state index contributed by atoms with van der Waals surface area (Å²) in [4.78, 5) is 51.6. The molecule has 8 heteroatoms. The third-order valence-corrected chi connectivity index (χ3v) is 5.14. The van der Waals surface area contributed by atoms with Crippen molar-refractivity contribution in [2.24, 2.45) is 5.92 Å². The quantitative estimate of drug-likeness (QED) is 0.583. The first-order valence-corrected chi connectivity index (χ1v) is 9.02. The largest absolute Gasteiger partial charge is 0.443 e. The predicted octanol–water partition coefficient (Wildman–Crippen LogP) is 2.49. The van der Waals surface area contributed by atoms with E-state index in [1.54, 1.807) is 48.5 Å². The fourth-order valence-electron chi connectivity index (χ4n) is 3.37. The second-order valence-electron chi connectivity index (χ2n) is 6.53. The smallest absolute Gasteiger partial charge is 0.313 e. The topological polar surface area (TPSA) is 84.0 Å². The van der Waals surface area contributed by atoms with Crippen molar-refractivity contribution < 1.29 is 23.9 Å². The summed E-state index contributed by atoms with van der Waals surface area (Å²) in [5.74, 6) is -2.59. The fraction of sp³-hybridized carbons (Fsp3) is 0.200. The zero-order valence-electron chi connectivity index (χ0n) is 14.6. The van der Waals surface area contributed by atoms with E-state index < -0.39 is 30.4 Å². The minimum absolute atomic E-state index is 0.0217. The Balaban J connectivity index is 1.40. The lowest BCUT2D eigenvalue weighted by atomic mass is 10.1. The van der Waals surface area contributed by atoms with Crippen molar-refractivity contribution in [2.75, 3.05) is 18.2 Å². The molecule has 142 valence electrons. The Hall–Kier alpha value is -3.19. The molecule has 0 radical (unpaired) electrons. The van der Waals surface area contributed by atoms with Gasteiger partial charge in [0.1, 0.15) is 0 Å². The molecule has 0 aliphatic carbocycles. The van der Waals surface area contributed by atoms with Crippen LogP contribution in [0.2, 0.25) is 5.02 Å². The van der Waals surface area contributed by atoms with Crippen LogP contribution in [0.5, 0.6) is 0 Å². The summed E-state index contributed by atoms with van der Waals surface area (Å²) < 4.78 is 5.18. The summed E-state index contributed by atoms with van der Waals surface area (Å²) in [7, 11) is 0. The lowest BCUT2D eigenvalue weighted by molar-refractivity contribution is -0.151. The molecule has 2 aromatic carbocycles. The number of esters is 1. The first-order chi connectivity index (χ1) is 13.5. The van der Waals surface area contributed by atoms with E-state index in [2.05, 4.69) is 0 Å². The summed E-state index contributed by atoms with van der Waals surface area (Å²) in [6.45, 7) is -0.356. The van der Waals surface area contributed by atoms with Gasteiger partial charge in [0.05, 0.1) is 27.8 Å². The fourth-order valence-corrected chi connectivity index (χ4v) is 3.61. The molecule has 7 nitrogen and oxygen atoms in total. The molecule has 4 rings (SSSR count). The van der Waals surface area contributed by atoms with Gasteiger partial charge in [-0.2, -0.15) is 0 Å². The van der Waals surface area contributed by atoms with Crippen LogP contribution in [0.1, 0.15) is 27.1 Å². The van der Waals surface area contributed by atoms with Gasteiger partial charge in [0.25, 0.3) is 11.8 Å². The number of hydrogen-bond donors (Lipinski definition) is 0. The lowest BCUT2D eigenvalue weighted by Crippen LogP contribution is -2.35. The van der Waals surface area contributed by atoms with Gasteiger partial charge in [-0.1, -0.05) is 35.9 Å². The normalized spacial score (nSPS) is 18.6. The van der Waals surface area contributed by atoms with Crippen LogP contribution in [0.15, 0.2) is 48.5 Å². The number of halogens is 1. The van der Waals surface area contributed by atoms with Gasteiger partial charge in [0.15, 0.2) is 6.73 Å². The molecule has 0 N–H and O–H groups in total. The minimum atomic E-state index is -0.695. The molecule has 2 heterocycles. The highest BCUT2D eigenvalue weighted by atomic mass is 35.5. The second-order valence-corrected chi connectivity index (χ2v) is 6.94. The van der Waals surface area contributed by atoms with E-state index in [0.29, 0.717) is 10.7 Å². The average Bonchev–Trinajstić information content (AvgIpc) is 3.19. The van der Waals surface area contributed by atoms with Gasteiger partial charge in [-0.3, -0.25) is 19.2 Å². The number of nitrogens with zero attached hydrogens (tertiary/aromatic N) is 2. The minimum Gasteiger partial charge on any atom is -0.443 e. The monoisotopic (exact) mass is 398 g/mol. The Morgan fingerprint density at radius 2 is 1.61 bits per heavy atom. The number of carbonyl (C=O) groups is 4. The first-order valence-electron chi connectivity index (χ1n) is 8.64. The van der Waals surface area contributed by atoms with Crippen LogP contribution in [-0.2, 0) is 14.3 Å². The van der Waals surface area contributed by atoms with Crippen molar-refractivity contribution in [1.82, 2.24) is 4.90 Å². The summed E-state index contributed by atoms with van der Waals surface area (Å²) in [5, 5.41) is 0.413. The van der Waals surface area contributed by atoms with Crippen LogP contribution < -0.4 is 4.90 Å². The molecule has 1 atom stereocenters. The molecule has 2 aliphatic rings. The van der Waals surface area contributed by atoms with E-state index in [1.807, 2.05) is 0 Å². The van der Waals surface area contributed by atoms with Gasteiger partial charge in [0.2, 0.25) is 5.91 Å². The Kier molecular flexibility index (Phi) is 4.60. The molecule has 2 aliphatic heterocycles. The summed E-state index contributed by atoms with van der Waals surface area (Å²) in [5.41, 5.74) is 1.10. The zero-order chi connectivity index (χ0) is 19.8. The van der Waals surface area contributed by atoms with E-state index in [0.717, 1.165) is 4.90 Å². The summed E-state index contributed by atoms with van der Waals surface area (Å²) in [6.07, 6.45) is -0.0217. The van der Waals surface area contributed by atoms with Crippen molar-refractivity contribution >= 4 is 41.0 Å². The molecular weight excluding hydrogens is 384 g/mol. The molecule has 0 bridgehead atoms. The number of imide groups is 1. The highest BCUT2D eigenvalue weighted by Gasteiger charge is 2.39. The van der Waals surface area contributed by atoms with Crippen LogP contribution in [0.3, 0.4) is 0 Å². The Morgan fingerprint density at radius 1 is 1.00 bits per heavy atom. The highest BCUT2D eigenvalue weighted by molar-refractivity contribution is 6.33. The molecule has 3 amide bonds. The highest BCUT2D eigenvalue weighted by Crippen LogP contribution is 2.31. The maximum Gasteiger partial charge on any atom is 0.313 e. The number of anilines is 1. The summed E-state index contributed by atoms with van der Waals surface area (Å²) in [6, 6.07) is 13.3. The molecule has 1 fully saturated rings. The van der Waals surface area contributed by atoms with E-state index in [1.165, 1.54) is 4.90 Å². The molecular formula is C20H15ClN2O5. The van der Waals surface area contributed by atoms with E-state index in [-0.39, 0.29) is 30.0 Å². The number of fused-ring (bicyclic) bond motifs is 1. The number of amides is 3. The lowest BCUT2D eigenvalue weighted by Gasteiger charge is -2.18. The first kappa shape index (κ1) is 18.2. The number of ether oxygens (including phenoxy) is 1. The van der Waals surface area contributed by atoms with Crippen LogP contribution in [0, 0.1) is 5.92 Å². The van der Waals surface area contributed by atoms with Crippen molar-refractivity contribution in [2.45, 2.75) is 6.42 Å². The van der Waals surface area contributed by atoms with E-state index >= 15 is 0 Å². The molecule has 28 heavy (non-hydrogen) atoms. The standard InChI is InChI=1S/C20H15ClN2O5/c21-15-7-3-4-8-16(15)22-10-12(9-17(22)24)20(27)28-11-23-18(25)13-5-1-2-6-14(13)19(23)26/h1-8,12H,9-11H2/t12-/m1/s1. The van der Waals surface area contributed by atoms with Gasteiger partial charge in [-0.15, -0.1) is 0 Å². The van der Waals surface area contributed by atoms with Crippen molar-refractivity contribution in [3.05, 3.63) is 64.7 Å². The molecule has 2 aromatic rings. The van der Waals surface area contributed by atoms with Gasteiger partial charge >= 0.3 is 5.97 Å². The number of hydrogen-bond acceptors (Lipinski definition) is 5. The number of carbonyl (C=O) groups excluding carboxylic acids is 4. The zero-order valence-corrected chi connectivity index (χ0v) is 15.4. The second kappa shape index (κ2) is 7.09. The molecule has 0 aromatic heterocycles. The number of rotatable bonds is 4. The molecule has 0 unspecified atom stereocenters. The Bertz CT molecular complexity index is 971. The van der Waals surface area contributed by atoms with Crippen molar-refractivity contribution in [3.8, 4) is 0 Å². The van der Waals surface area contributed by atoms with Crippen LogP contribution in [0.4, 0.5) is 5.69 Å². The number of benzene rings is 2. The maximum absolute atomic E-state index is 12.4. The van der Waals surface area contributed by atoms with Gasteiger partial charge in [-0.05, 0) is 24.3 Å². The van der Waals surface area contributed by atoms with Crippen molar-refractivity contribution in [3.63, 3.8) is 0 Å². The number of para-hydroxylation sites is 1. The van der Waals surface area contributed by atoms with Gasteiger partial charge < -0.3 is 9.64 Å². The van der Waals surface area contributed by atoms with Crippen molar-refractivity contribution in [1.29, 1.82) is 0 Å². The maximum atomic E-state index is 12.4. The Morgan fingerprint density at radius 3 is 2.25 bits per heavy atom. The van der Waals surface area contributed by atoms with Crippen LogP contribution in [-0.4, -0.2) is 41.9 Å². The predicted molar refractivity (Wildman–Crippen MR) is 99.8 cm³/mol. The third-order valence-electron chi connectivity index (χ3n) is 4.82. The molecule has 0 spiro atoms. The third kappa shape index (κ3) is 3.03. The van der Waals surface area contributed by atoms with Crippen LogP contribution in [0.25, 0.3) is 0 Å². The van der Waals surface area contributed by atoms with E-state index in [4.69, 9.17) is 16.3 Å². The average molecular weight is 399 g/mol. The molecule has 0 saturated carbocycles. The molecule has 1 saturated heterocycles. The van der Waals surface area contributed by atoms with Gasteiger partial charge in [0, 0.05) is 13.0 Å². The van der Waals surface area contributed by atoms with Crippen LogP contribution >= 0.6 is 11.6 Å². The SMILES string of the molecule is O=C(OCN1C(=O)c2ccccc2C1=O)[C@@H]1CC(=O)N(c2ccccc2Cl)C1. The van der Waals surface area contributed by atoms with Gasteiger partial charge in [-0.25, -0.2) is 4.90 Å². The van der Waals surface area contributed by atoms with E-state index in [9.17, 15) is 19.2 Å².